The number of hydrogen-bond donors (Lipinski definition) is 0. The molecule has 134 valence electrons. The predicted octanol–water partition coefficient (Wildman–Crippen LogP) is 4.10. The maximum atomic E-state index is 12.4. The zero-order chi connectivity index (χ0) is 18.7. The Morgan fingerprint density at radius 2 is 1.85 bits per heavy atom. The lowest BCUT2D eigenvalue weighted by Gasteiger charge is -2.11. The first kappa shape index (κ1) is 17.7. The lowest BCUT2D eigenvalue weighted by Crippen LogP contribution is -2.18. The second kappa shape index (κ2) is 7.44. The molecule has 0 radical (unpaired) electrons. The van der Waals surface area contributed by atoms with Gasteiger partial charge in [-0.05, 0) is 50.1 Å². The van der Waals surface area contributed by atoms with Gasteiger partial charge in [-0.25, -0.2) is 9.59 Å². The Labute approximate surface area is 151 Å². The third-order valence-corrected chi connectivity index (χ3v) is 3.92. The number of carbonyl (C=O) groups excluding carboxylic acids is 1. The molecule has 5 nitrogen and oxygen atoms in total. The zero-order valence-corrected chi connectivity index (χ0v) is 14.9. The van der Waals surface area contributed by atoms with Crippen molar-refractivity contribution < 1.29 is 18.7 Å². The lowest BCUT2D eigenvalue weighted by atomic mass is 9.99. The quantitative estimate of drug-likeness (QED) is 0.511. The van der Waals surface area contributed by atoms with Crippen LogP contribution in [-0.2, 0) is 9.53 Å². The topological polar surface area (TPSA) is 65.7 Å². The molecule has 0 bridgehead atoms. The van der Waals surface area contributed by atoms with Gasteiger partial charge in [-0.2, -0.15) is 0 Å². The van der Waals surface area contributed by atoms with Gasteiger partial charge in [-0.15, -0.1) is 0 Å². The summed E-state index contributed by atoms with van der Waals surface area (Å²) in [5.41, 5.74) is 2.22. The summed E-state index contributed by atoms with van der Waals surface area (Å²) in [4.78, 5) is 24.0. The van der Waals surface area contributed by atoms with Gasteiger partial charge in [0.1, 0.15) is 11.3 Å². The van der Waals surface area contributed by atoms with E-state index < -0.39 is 5.97 Å². The van der Waals surface area contributed by atoms with Crippen molar-refractivity contribution in [3.05, 3.63) is 64.5 Å². The molecule has 0 saturated heterocycles. The third-order valence-electron chi connectivity index (χ3n) is 3.92. The van der Waals surface area contributed by atoms with Gasteiger partial charge in [0.25, 0.3) is 0 Å². The van der Waals surface area contributed by atoms with Gasteiger partial charge in [-0.1, -0.05) is 30.3 Å². The summed E-state index contributed by atoms with van der Waals surface area (Å²) in [6, 6.07) is 14.5. The van der Waals surface area contributed by atoms with Crippen LogP contribution >= 0.6 is 0 Å². The highest BCUT2D eigenvalue weighted by Gasteiger charge is 2.14. The Kier molecular flexibility index (Phi) is 5.07. The minimum absolute atomic E-state index is 0.176. The minimum atomic E-state index is -0.429. The van der Waals surface area contributed by atoms with Crippen LogP contribution in [0.5, 0.6) is 5.75 Å². The summed E-state index contributed by atoms with van der Waals surface area (Å²) in [7, 11) is 0. The summed E-state index contributed by atoms with van der Waals surface area (Å²) in [6.45, 7) is 5.26. The summed E-state index contributed by atoms with van der Waals surface area (Å²) >= 11 is 0. The van der Waals surface area contributed by atoms with E-state index in [0.29, 0.717) is 16.9 Å². The van der Waals surface area contributed by atoms with Crippen molar-refractivity contribution in [3.8, 4) is 16.9 Å². The van der Waals surface area contributed by atoms with E-state index in [4.69, 9.17) is 13.9 Å². The molecule has 0 aliphatic carbocycles. The number of fused-ring (bicyclic) bond motifs is 1. The van der Waals surface area contributed by atoms with Gasteiger partial charge in [0.15, 0.2) is 6.61 Å². The molecule has 5 heteroatoms. The van der Waals surface area contributed by atoms with Crippen LogP contribution in [0, 0.1) is 6.92 Å². The minimum Gasteiger partial charge on any atom is -0.482 e. The van der Waals surface area contributed by atoms with E-state index in [9.17, 15) is 9.59 Å². The molecule has 3 aromatic rings. The van der Waals surface area contributed by atoms with Crippen molar-refractivity contribution in [1.29, 1.82) is 0 Å². The smallest absolute Gasteiger partial charge is 0.344 e. The van der Waals surface area contributed by atoms with E-state index in [1.165, 1.54) is 0 Å². The zero-order valence-electron chi connectivity index (χ0n) is 14.9. The SMILES string of the molecule is Cc1c(-c2ccccc2)c(=O)oc2ccc(OCC(=O)OC(C)C)cc12. The number of ether oxygens (including phenoxy) is 2. The molecule has 3 rings (SSSR count). The molecule has 0 aliphatic rings. The third kappa shape index (κ3) is 3.77. The Balaban J connectivity index is 1.96. The lowest BCUT2D eigenvalue weighted by molar-refractivity contribution is -0.149. The molecular weight excluding hydrogens is 332 g/mol. The number of benzene rings is 2. The van der Waals surface area contributed by atoms with Crippen molar-refractivity contribution in [3.63, 3.8) is 0 Å². The van der Waals surface area contributed by atoms with E-state index in [-0.39, 0.29) is 18.3 Å². The maximum Gasteiger partial charge on any atom is 0.344 e. The van der Waals surface area contributed by atoms with Gasteiger partial charge < -0.3 is 13.9 Å². The summed E-state index contributed by atoms with van der Waals surface area (Å²) in [6.07, 6.45) is -0.187. The van der Waals surface area contributed by atoms with Crippen LogP contribution in [0.1, 0.15) is 19.4 Å². The molecule has 0 fully saturated rings. The van der Waals surface area contributed by atoms with Gasteiger partial charge in [-0.3, -0.25) is 0 Å². The largest absolute Gasteiger partial charge is 0.482 e. The number of rotatable bonds is 5. The molecule has 2 aromatic carbocycles. The molecule has 0 N–H and O–H groups in total. The highest BCUT2D eigenvalue weighted by Crippen LogP contribution is 2.29. The fourth-order valence-corrected chi connectivity index (χ4v) is 2.80. The van der Waals surface area contributed by atoms with E-state index in [0.717, 1.165) is 16.5 Å². The normalized spacial score (nSPS) is 10.9. The molecule has 0 saturated carbocycles. The van der Waals surface area contributed by atoms with Gasteiger partial charge in [0.2, 0.25) is 0 Å². The molecule has 0 spiro atoms. The Bertz CT molecular complexity index is 986. The van der Waals surface area contributed by atoms with Gasteiger partial charge in [0, 0.05) is 5.39 Å². The highest BCUT2D eigenvalue weighted by atomic mass is 16.6. The number of esters is 1. The van der Waals surface area contributed by atoms with Crippen LogP contribution in [-0.4, -0.2) is 18.7 Å². The maximum absolute atomic E-state index is 12.4. The van der Waals surface area contributed by atoms with Crippen molar-refractivity contribution in [2.75, 3.05) is 6.61 Å². The van der Waals surface area contributed by atoms with Crippen molar-refractivity contribution in [2.45, 2.75) is 26.9 Å². The van der Waals surface area contributed by atoms with Crippen LogP contribution in [0.2, 0.25) is 0 Å². The van der Waals surface area contributed by atoms with Gasteiger partial charge in [0.05, 0.1) is 11.7 Å². The van der Waals surface area contributed by atoms with Crippen molar-refractivity contribution >= 4 is 16.9 Å². The molecule has 1 heterocycles. The van der Waals surface area contributed by atoms with E-state index in [1.54, 1.807) is 32.0 Å². The first-order valence-corrected chi connectivity index (χ1v) is 8.41. The second-order valence-electron chi connectivity index (χ2n) is 6.24. The average Bonchev–Trinajstić information content (AvgIpc) is 2.60. The Morgan fingerprint density at radius 3 is 2.54 bits per heavy atom. The fraction of sp³-hybridized carbons (Fsp3) is 0.238. The highest BCUT2D eigenvalue weighted by molar-refractivity contribution is 5.87. The van der Waals surface area contributed by atoms with E-state index >= 15 is 0 Å². The second-order valence-corrected chi connectivity index (χ2v) is 6.24. The van der Waals surface area contributed by atoms with E-state index in [1.807, 2.05) is 37.3 Å². The van der Waals surface area contributed by atoms with Crippen molar-refractivity contribution in [2.24, 2.45) is 0 Å². The Hall–Kier alpha value is -3.08. The standard InChI is InChI=1S/C21H20O5/c1-13(2)25-19(22)12-24-16-9-10-18-17(11-16)14(3)20(21(23)26-18)15-7-5-4-6-8-15/h4-11,13H,12H2,1-3H3. The Morgan fingerprint density at radius 1 is 1.12 bits per heavy atom. The van der Waals surface area contributed by atoms with Crippen LogP contribution < -0.4 is 10.4 Å². The number of hydrogen-bond acceptors (Lipinski definition) is 5. The monoisotopic (exact) mass is 352 g/mol. The summed E-state index contributed by atoms with van der Waals surface area (Å²) in [5, 5.41) is 0.762. The van der Waals surface area contributed by atoms with Crippen LogP contribution in [0.25, 0.3) is 22.1 Å². The molecule has 0 amide bonds. The summed E-state index contributed by atoms with van der Waals surface area (Å²) < 4.78 is 16.0. The molecule has 26 heavy (non-hydrogen) atoms. The van der Waals surface area contributed by atoms with E-state index in [2.05, 4.69) is 0 Å². The molecule has 0 atom stereocenters. The van der Waals surface area contributed by atoms with Crippen LogP contribution in [0.3, 0.4) is 0 Å². The molecular formula is C21H20O5. The first-order valence-electron chi connectivity index (χ1n) is 8.41. The molecule has 0 aliphatic heterocycles. The number of aryl methyl sites for hydroxylation is 1. The summed E-state index contributed by atoms with van der Waals surface area (Å²) in [5.74, 6) is 0.0792. The first-order chi connectivity index (χ1) is 12.5. The predicted molar refractivity (Wildman–Crippen MR) is 99.4 cm³/mol. The van der Waals surface area contributed by atoms with Crippen molar-refractivity contribution in [1.82, 2.24) is 0 Å². The molecule has 1 aromatic heterocycles. The average molecular weight is 352 g/mol. The van der Waals surface area contributed by atoms with Crippen LogP contribution in [0.15, 0.2) is 57.7 Å². The molecule has 0 unspecified atom stereocenters. The fourth-order valence-electron chi connectivity index (χ4n) is 2.80. The van der Waals surface area contributed by atoms with Gasteiger partial charge >= 0.3 is 11.6 Å². The number of carbonyl (C=O) groups is 1. The van der Waals surface area contributed by atoms with Crippen LogP contribution in [0.4, 0.5) is 0 Å².